The predicted octanol–water partition coefficient (Wildman–Crippen LogP) is 1.47. The van der Waals surface area contributed by atoms with Crippen LogP contribution in [0.1, 0.15) is 25.1 Å². The first-order valence-corrected chi connectivity index (χ1v) is 11.3. The van der Waals surface area contributed by atoms with Gasteiger partial charge < -0.3 is 15.2 Å². The minimum Gasteiger partial charge on any atom is -0.487 e. The molecule has 0 amide bonds. The molecule has 0 saturated carbocycles. The van der Waals surface area contributed by atoms with Gasteiger partial charge in [0.05, 0.1) is 6.61 Å². The summed E-state index contributed by atoms with van der Waals surface area (Å²) in [7, 11) is -2.01. The summed E-state index contributed by atoms with van der Waals surface area (Å²) in [4.78, 5) is 4.26. The Morgan fingerprint density at radius 3 is 2.80 bits per heavy atom. The number of ether oxygens (including phenoxy) is 1. The Morgan fingerprint density at radius 2 is 2.13 bits per heavy atom. The maximum absolute atomic E-state index is 13.4. The minimum absolute atomic E-state index is 0.0826. The molecule has 2 N–H and O–H groups in total. The third kappa shape index (κ3) is 4.82. The first-order valence-electron chi connectivity index (χ1n) is 9.88. The number of hydrogen-bond acceptors (Lipinski definition) is 6. The molecule has 0 saturated heterocycles. The second-order valence-corrected chi connectivity index (χ2v) is 9.28. The number of sulfonamides is 1. The number of aliphatic hydroxyl groups is 1. The number of nitrogens with one attached hydrogen (secondary N) is 1. The van der Waals surface area contributed by atoms with E-state index in [1.54, 1.807) is 31.3 Å². The minimum atomic E-state index is -3.84. The smallest absolute Gasteiger partial charge is 0.247 e. The Morgan fingerprint density at radius 1 is 1.33 bits per heavy atom. The second-order valence-electron chi connectivity index (χ2n) is 7.42. The van der Waals surface area contributed by atoms with E-state index in [1.807, 2.05) is 26.1 Å². The van der Waals surface area contributed by atoms with Gasteiger partial charge in [0.15, 0.2) is 0 Å². The zero-order valence-electron chi connectivity index (χ0n) is 17.4. The van der Waals surface area contributed by atoms with Gasteiger partial charge in [0.2, 0.25) is 10.0 Å². The average molecular weight is 430 g/mol. The lowest BCUT2D eigenvalue weighted by molar-refractivity contribution is 0.103. The van der Waals surface area contributed by atoms with Gasteiger partial charge in [0, 0.05) is 36.8 Å². The zero-order chi connectivity index (χ0) is 21.7. The Balaban J connectivity index is 2.07. The van der Waals surface area contributed by atoms with Crippen LogP contribution in [0.2, 0.25) is 0 Å². The van der Waals surface area contributed by atoms with E-state index in [4.69, 9.17) is 4.74 Å². The molecule has 3 atom stereocenters. The second kappa shape index (κ2) is 9.58. The Bertz CT molecular complexity index is 1030. The molecule has 0 bridgehead atoms. The van der Waals surface area contributed by atoms with Gasteiger partial charge in [-0.15, -0.1) is 0 Å². The predicted molar refractivity (Wildman–Crippen MR) is 115 cm³/mol. The van der Waals surface area contributed by atoms with Crippen LogP contribution in [0.3, 0.4) is 0 Å². The molecule has 1 aliphatic heterocycles. The van der Waals surface area contributed by atoms with Gasteiger partial charge in [-0.05, 0) is 50.2 Å². The number of rotatable bonds is 4. The van der Waals surface area contributed by atoms with Crippen LogP contribution in [0.15, 0.2) is 47.5 Å². The number of aliphatic hydroxyl groups excluding tert-OH is 1. The molecule has 0 aliphatic carbocycles. The number of aromatic nitrogens is 1. The van der Waals surface area contributed by atoms with E-state index in [0.29, 0.717) is 17.8 Å². The summed E-state index contributed by atoms with van der Waals surface area (Å²) in [5.41, 5.74) is 1.26. The van der Waals surface area contributed by atoms with Crippen LogP contribution in [0.5, 0.6) is 5.75 Å². The van der Waals surface area contributed by atoms with Crippen LogP contribution in [-0.4, -0.2) is 61.7 Å². The van der Waals surface area contributed by atoms with Crippen molar-refractivity contribution in [1.29, 1.82) is 0 Å². The summed E-state index contributed by atoms with van der Waals surface area (Å²) in [6, 6.07) is 9.78. The largest absolute Gasteiger partial charge is 0.487 e. The van der Waals surface area contributed by atoms with Gasteiger partial charge in [-0.2, -0.15) is 4.31 Å². The lowest BCUT2D eigenvalue weighted by Crippen LogP contribution is -2.49. The molecule has 30 heavy (non-hydrogen) atoms. The van der Waals surface area contributed by atoms with Crippen LogP contribution in [0.25, 0.3) is 0 Å². The third-order valence-corrected chi connectivity index (χ3v) is 7.09. The Labute approximate surface area is 178 Å². The number of likely N-dealkylation sites (N-methyl/N-ethyl adjacent to an activating group) is 1. The molecule has 1 aromatic carbocycles. The van der Waals surface area contributed by atoms with Crippen LogP contribution in [0, 0.1) is 17.8 Å². The Kier molecular flexibility index (Phi) is 7.10. The highest BCUT2D eigenvalue weighted by Crippen LogP contribution is 2.33. The number of fused-ring (bicyclic) bond motifs is 1. The fourth-order valence-electron chi connectivity index (χ4n) is 3.32. The zero-order valence-corrected chi connectivity index (χ0v) is 18.2. The number of benzene rings is 1. The summed E-state index contributed by atoms with van der Waals surface area (Å²) in [6.07, 6.45) is 1.43. The van der Waals surface area contributed by atoms with Gasteiger partial charge in [-0.1, -0.05) is 18.9 Å². The summed E-state index contributed by atoms with van der Waals surface area (Å²) < 4.78 is 34.2. The van der Waals surface area contributed by atoms with E-state index in [2.05, 4.69) is 22.1 Å². The molecule has 3 rings (SSSR count). The number of pyridine rings is 1. The van der Waals surface area contributed by atoms with Crippen molar-refractivity contribution in [3.63, 3.8) is 0 Å². The lowest BCUT2D eigenvalue weighted by Gasteiger charge is -2.36. The van der Waals surface area contributed by atoms with Crippen LogP contribution < -0.4 is 10.1 Å². The van der Waals surface area contributed by atoms with Crippen LogP contribution >= 0.6 is 0 Å². The fourth-order valence-corrected chi connectivity index (χ4v) is 5.15. The molecule has 1 aromatic heterocycles. The summed E-state index contributed by atoms with van der Waals surface area (Å²) in [6.45, 7) is 4.21. The van der Waals surface area contributed by atoms with E-state index < -0.39 is 16.1 Å². The molecule has 160 valence electrons. The maximum Gasteiger partial charge on any atom is 0.247 e. The standard InChI is InChI=1S/C22H27N3O4S/c1-16-14-25(17(2)15-26)30(27,28)22-10-8-18(7-9-19-6-4-5-11-24-19)12-20(22)29-21(16)13-23-3/h4-6,8,10-12,16-17,21,23,26H,13-15H2,1-3H3/t16-,17-,21+/m0/s1. The van der Waals surface area contributed by atoms with Gasteiger partial charge in [-0.25, -0.2) is 13.4 Å². The number of nitrogens with zero attached hydrogens (tertiary/aromatic N) is 2. The molecule has 0 unspecified atom stereocenters. The van der Waals surface area contributed by atoms with Gasteiger partial charge in [-0.3, -0.25) is 0 Å². The van der Waals surface area contributed by atoms with E-state index >= 15 is 0 Å². The number of hydrogen-bond donors (Lipinski definition) is 2. The topological polar surface area (TPSA) is 91.8 Å². The molecule has 8 heteroatoms. The SMILES string of the molecule is CNC[C@H]1Oc2cc(C#Cc3ccccn3)ccc2S(=O)(=O)N([C@@H](C)CO)C[C@@H]1C. The first-order chi connectivity index (χ1) is 14.4. The van der Waals surface area contributed by atoms with E-state index in [9.17, 15) is 13.5 Å². The highest BCUT2D eigenvalue weighted by Gasteiger charge is 2.37. The van der Waals surface area contributed by atoms with E-state index in [-0.39, 0.29) is 35.8 Å². The van der Waals surface area contributed by atoms with E-state index in [0.717, 1.165) is 0 Å². The van der Waals surface area contributed by atoms with Crippen molar-refractivity contribution in [2.24, 2.45) is 5.92 Å². The molecular weight excluding hydrogens is 402 g/mol. The van der Waals surface area contributed by atoms with Crippen molar-refractivity contribution in [3.8, 4) is 17.6 Å². The van der Waals surface area contributed by atoms with Gasteiger partial charge >= 0.3 is 0 Å². The summed E-state index contributed by atoms with van der Waals surface area (Å²) in [5, 5.41) is 12.7. The van der Waals surface area contributed by atoms with Crippen LogP contribution in [-0.2, 0) is 10.0 Å². The van der Waals surface area contributed by atoms with Crippen molar-refractivity contribution in [2.45, 2.75) is 30.9 Å². The average Bonchev–Trinajstić information content (AvgIpc) is 2.75. The van der Waals surface area contributed by atoms with E-state index in [1.165, 1.54) is 10.4 Å². The first kappa shape index (κ1) is 22.2. The molecule has 1 aliphatic rings. The van der Waals surface area contributed by atoms with Crippen molar-refractivity contribution in [2.75, 3.05) is 26.7 Å². The van der Waals surface area contributed by atoms with Crippen molar-refractivity contribution >= 4 is 10.0 Å². The highest BCUT2D eigenvalue weighted by molar-refractivity contribution is 7.89. The molecule has 0 radical (unpaired) electrons. The summed E-state index contributed by atoms with van der Waals surface area (Å²) in [5.74, 6) is 6.18. The molecule has 2 heterocycles. The monoisotopic (exact) mass is 429 g/mol. The van der Waals surface area contributed by atoms with Crippen molar-refractivity contribution in [1.82, 2.24) is 14.6 Å². The normalized spacial score (nSPS) is 21.9. The maximum atomic E-state index is 13.4. The quantitative estimate of drug-likeness (QED) is 0.716. The lowest BCUT2D eigenvalue weighted by atomic mass is 10.0. The van der Waals surface area contributed by atoms with Crippen LogP contribution in [0.4, 0.5) is 0 Å². The molecule has 0 fully saturated rings. The molecule has 2 aromatic rings. The van der Waals surface area contributed by atoms with Crippen molar-refractivity contribution in [3.05, 3.63) is 53.9 Å². The Hall–Kier alpha value is -2.44. The molecular formula is C22H27N3O4S. The fraction of sp³-hybridized carbons (Fsp3) is 0.409. The summed E-state index contributed by atoms with van der Waals surface area (Å²) >= 11 is 0. The molecule has 0 spiro atoms. The molecule has 7 nitrogen and oxygen atoms in total. The van der Waals surface area contributed by atoms with Gasteiger partial charge in [0.1, 0.15) is 22.4 Å². The van der Waals surface area contributed by atoms with Gasteiger partial charge in [0.25, 0.3) is 0 Å². The van der Waals surface area contributed by atoms with Crippen molar-refractivity contribution < 1.29 is 18.3 Å². The third-order valence-electron chi connectivity index (χ3n) is 5.07. The highest BCUT2D eigenvalue weighted by atomic mass is 32.2.